The molecule has 0 aliphatic carbocycles. The molecule has 0 saturated heterocycles. The largest absolute Gasteiger partial charge is 0.387 e. The second-order valence-electron chi connectivity index (χ2n) is 5.34. The normalized spacial score (nSPS) is 12.1. The molecule has 0 bridgehead atoms. The van der Waals surface area contributed by atoms with Crippen LogP contribution in [0.5, 0.6) is 0 Å². The van der Waals surface area contributed by atoms with Crippen molar-refractivity contribution in [2.45, 2.75) is 6.10 Å². The standard InChI is InChI=1S/C17H13ClFN3O3/c18-11-7-9(1-2-12(11)19)13(23)8-21-14-15(17(25)16(14)24)22-10-3-5-20-6-4-10/h1-7,13,21,23H,8H2,(H,20,22). The van der Waals surface area contributed by atoms with Crippen LogP contribution in [0.1, 0.15) is 11.7 Å². The number of pyridine rings is 1. The van der Waals surface area contributed by atoms with Gasteiger partial charge in [0.1, 0.15) is 17.2 Å². The molecule has 0 fully saturated rings. The van der Waals surface area contributed by atoms with E-state index >= 15 is 0 Å². The van der Waals surface area contributed by atoms with Crippen molar-refractivity contribution >= 4 is 28.7 Å². The maximum Gasteiger partial charge on any atom is 0.253 e. The third-order valence-electron chi connectivity index (χ3n) is 3.66. The van der Waals surface area contributed by atoms with Crippen LogP contribution < -0.4 is 21.5 Å². The molecule has 128 valence electrons. The van der Waals surface area contributed by atoms with E-state index in [2.05, 4.69) is 15.6 Å². The Morgan fingerprint density at radius 3 is 2.48 bits per heavy atom. The molecule has 1 atom stereocenters. The average Bonchev–Trinajstić information content (AvgIpc) is 2.63. The van der Waals surface area contributed by atoms with Gasteiger partial charge in [0.2, 0.25) is 0 Å². The number of nitrogens with zero attached hydrogens (tertiary/aromatic N) is 1. The Morgan fingerprint density at radius 1 is 1.12 bits per heavy atom. The van der Waals surface area contributed by atoms with Crippen LogP contribution in [0.3, 0.4) is 0 Å². The quantitative estimate of drug-likeness (QED) is 0.584. The van der Waals surface area contributed by atoms with Gasteiger partial charge in [-0.2, -0.15) is 0 Å². The molecule has 3 aromatic rings. The van der Waals surface area contributed by atoms with Crippen LogP contribution in [-0.2, 0) is 0 Å². The summed E-state index contributed by atoms with van der Waals surface area (Å²) in [5.74, 6) is -0.586. The predicted octanol–water partition coefficient (Wildman–Crippen LogP) is 2.36. The lowest BCUT2D eigenvalue weighted by Crippen LogP contribution is -2.37. The number of halogens is 2. The topological polar surface area (TPSA) is 91.3 Å². The minimum atomic E-state index is -1.03. The van der Waals surface area contributed by atoms with Gasteiger partial charge >= 0.3 is 0 Å². The van der Waals surface area contributed by atoms with Crippen LogP contribution >= 0.6 is 11.6 Å². The zero-order chi connectivity index (χ0) is 18.0. The van der Waals surface area contributed by atoms with E-state index < -0.39 is 22.8 Å². The lowest BCUT2D eigenvalue weighted by molar-refractivity contribution is 0.191. The van der Waals surface area contributed by atoms with Crippen molar-refractivity contribution in [3.8, 4) is 0 Å². The number of aliphatic hydroxyl groups is 1. The molecule has 0 saturated carbocycles. The highest BCUT2D eigenvalue weighted by Crippen LogP contribution is 2.23. The Bertz CT molecular complexity index is 971. The number of rotatable bonds is 6. The maximum atomic E-state index is 13.2. The van der Waals surface area contributed by atoms with E-state index in [0.717, 1.165) is 6.07 Å². The molecule has 8 heteroatoms. The second kappa shape index (κ2) is 7.00. The van der Waals surface area contributed by atoms with Crippen molar-refractivity contribution in [3.63, 3.8) is 0 Å². The number of anilines is 3. The first-order valence-corrected chi connectivity index (χ1v) is 7.72. The van der Waals surface area contributed by atoms with Gasteiger partial charge in [-0.05, 0) is 29.8 Å². The minimum absolute atomic E-state index is 0.0438. The summed E-state index contributed by atoms with van der Waals surface area (Å²) >= 11 is 5.69. The van der Waals surface area contributed by atoms with Gasteiger partial charge in [0.05, 0.1) is 11.1 Å². The van der Waals surface area contributed by atoms with Gasteiger partial charge in [0, 0.05) is 24.6 Å². The molecule has 0 aliphatic rings. The fraction of sp³-hybridized carbons (Fsp3) is 0.118. The minimum Gasteiger partial charge on any atom is -0.387 e. The monoisotopic (exact) mass is 361 g/mol. The van der Waals surface area contributed by atoms with E-state index in [4.69, 9.17) is 11.6 Å². The number of benzene rings is 1. The molecule has 3 rings (SSSR count). The van der Waals surface area contributed by atoms with Gasteiger partial charge in [-0.25, -0.2) is 4.39 Å². The van der Waals surface area contributed by atoms with Crippen molar-refractivity contribution < 1.29 is 9.50 Å². The van der Waals surface area contributed by atoms with Crippen molar-refractivity contribution in [2.75, 3.05) is 17.2 Å². The SMILES string of the molecule is O=c1c(NCC(O)c2ccc(F)c(Cl)c2)c(Nc2ccncc2)c1=O. The molecule has 0 aliphatic heterocycles. The van der Waals surface area contributed by atoms with Gasteiger partial charge in [-0.15, -0.1) is 0 Å². The highest BCUT2D eigenvalue weighted by atomic mass is 35.5. The summed E-state index contributed by atoms with van der Waals surface area (Å²) in [5.41, 5.74) is -0.0913. The van der Waals surface area contributed by atoms with Gasteiger partial charge in [-0.1, -0.05) is 17.7 Å². The fourth-order valence-electron chi connectivity index (χ4n) is 2.30. The van der Waals surface area contributed by atoms with E-state index in [1.807, 2.05) is 0 Å². The highest BCUT2D eigenvalue weighted by Gasteiger charge is 2.22. The van der Waals surface area contributed by atoms with Crippen LogP contribution in [0.25, 0.3) is 0 Å². The Labute approximate surface area is 146 Å². The number of aromatic nitrogens is 1. The predicted molar refractivity (Wildman–Crippen MR) is 93.7 cm³/mol. The van der Waals surface area contributed by atoms with E-state index in [1.165, 1.54) is 12.1 Å². The number of nitrogens with one attached hydrogen (secondary N) is 2. The molecule has 0 amide bonds. The van der Waals surface area contributed by atoms with Crippen LogP contribution in [0.15, 0.2) is 52.3 Å². The first kappa shape index (κ1) is 17.1. The molecule has 25 heavy (non-hydrogen) atoms. The summed E-state index contributed by atoms with van der Waals surface area (Å²) in [6.45, 7) is -0.0438. The van der Waals surface area contributed by atoms with Crippen LogP contribution in [0, 0.1) is 5.82 Å². The van der Waals surface area contributed by atoms with E-state index in [9.17, 15) is 19.1 Å². The molecule has 6 nitrogen and oxygen atoms in total. The van der Waals surface area contributed by atoms with E-state index in [1.54, 1.807) is 24.5 Å². The molecule has 1 aromatic heterocycles. The molecule has 2 aromatic carbocycles. The van der Waals surface area contributed by atoms with Gasteiger partial charge < -0.3 is 15.7 Å². The van der Waals surface area contributed by atoms with Gasteiger partial charge in [0.15, 0.2) is 0 Å². The second-order valence-corrected chi connectivity index (χ2v) is 5.75. The van der Waals surface area contributed by atoms with Gasteiger partial charge in [0.25, 0.3) is 10.9 Å². The van der Waals surface area contributed by atoms with Crippen LogP contribution in [0.2, 0.25) is 5.02 Å². The van der Waals surface area contributed by atoms with Crippen LogP contribution in [0.4, 0.5) is 21.5 Å². The molecule has 1 heterocycles. The Kier molecular flexibility index (Phi) is 4.78. The molecular formula is C17H13ClFN3O3. The van der Waals surface area contributed by atoms with Crippen molar-refractivity contribution in [1.29, 1.82) is 0 Å². The summed E-state index contributed by atoms with van der Waals surface area (Å²) in [4.78, 5) is 27.3. The number of aliphatic hydroxyl groups excluding tert-OH is 1. The smallest absolute Gasteiger partial charge is 0.253 e. The summed E-state index contributed by atoms with van der Waals surface area (Å²) in [7, 11) is 0. The summed E-state index contributed by atoms with van der Waals surface area (Å²) in [6, 6.07) is 7.15. The molecule has 3 N–H and O–H groups in total. The molecular weight excluding hydrogens is 349 g/mol. The summed E-state index contributed by atoms with van der Waals surface area (Å²) < 4.78 is 13.2. The zero-order valence-corrected chi connectivity index (χ0v) is 13.5. The number of hydrogen-bond donors (Lipinski definition) is 3. The zero-order valence-electron chi connectivity index (χ0n) is 12.8. The first-order chi connectivity index (χ1) is 12.0. The van der Waals surface area contributed by atoms with E-state index in [-0.39, 0.29) is 22.9 Å². The number of hydrogen-bond acceptors (Lipinski definition) is 6. The molecule has 0 radical (unpaired) electrons. The Morgan fingerprint density at radius 2 is 1.80 bits per heavy atom. The van der Waals surface area contributed by atoms with Crippen LogP contribution in [-0.4, -0.2) is 16.6 Å². The summed E-state index contributed by atoms with van der Waals surface area (Å²) in [6.07, 6.45) is 2.06. The third-order valence-corrected chi connectivity index (χ3v) is 3.95. The highest BCUT2D eigenvalue weighted by molar-refractivity contribution is 6.30. The fourth-order valence-corrected chi connectivity index (χ4v) is 2.48. The van der Waals surface area contributed by atoms with Crippen molar-refractivity contribution in [3.05, 3.63) is 79.6 Å². The first-order valence-electron chi connectivity index (χ1n) is 7.34. The van der Waals surface area contributed by atoms with Crippen molar-refractivity contribution in [1.82, 2.24) is 4.98 Å². The summed E-state index contributed by atoms with van der Waals surface area (Å²) in [5, 5.41) is 15.6. The third kappa shape index (κ3) is 3.52. The van der Waals surface area contributed by atoms with Crippen molar-refractivity contribution in [2.24, 2.45) is 0 Å². The lowest BCUT2D eigenvalue weighted by Gasteiger charge is -2.17. The Hall–Kier alpha value is -2.77. The maximum absolute atomic E-state index is 13.2. The van der Waals surface area contributed by atoms with E-state index in [0.29, 0.717) is 11.3 Å². The Balaban J connectivity index is 1.71. The molecule has 0 spiro atoms. The van der Waals surface area contributed by atoms with Gasteiger partial charge in [-0.3, -0.25) is 14.6 Å². The molecule has 1 unspecified atom stereocenters. The lowest BCUT2D eigenvalue weighted by atomic mass is 10.1. The average molecular weight is 362 g/mol.